The van der Waals surface area contributed by atoms with Gasteiger partial charge >= 0.3 is 11.9 Å². The number of rotatable bonds is 6. The number of carbonyl (C=O) groups excluding carboxylic acids is 2. The van der Waals surface area contributed by atoms with E-state index in [2.05, 4.69) is 10.1 Å². The highest BCUT2D eigenvalue weighted by Gasteiger charge is 2.20. The van der Waals surface area contributed by atoms with Gasteiger partial charge in [-0.1, -0.05) is 18.2 Å². The normalized spacial score (nSPS) is 12.0. The van der Waals surface area contributed by atoms with Crippen LogP contribution in [0.2, 0.25) is 0 Å². The van der Waals surface area contributed by atoms with Crippen molar-refractivity contribution < 1.29 is 24.2 Å². The zero-order chi connectivity index (χ0) is 16.7. The lowest BCUT2D eigenvalue weighted by Crippen LogP contribution is -2.30. The summed E-state index contributed by atoms with van der Waals surface area (Å²) < 4.78 is 4.65. The lowest BCUT2D eigenvalue weighted by molar-refractivity contribution is -0.141. The van der Waals surface area contributed by atoms with Gasteiger partial charge < -0.3 is 15.2 Å². The van der Waals surface area contributed by atoms with E-state index in [-0.39, 0.29) is 6.42 Å². The Morgan fingerprint density at radius 3 is 2.55 bits per heavy atom. The lowest BCUT2D eigenvalue weighted by Gasteiger charge is -2.20. The molecule has 0 radical (unpaired) electrons. The van der Waals surface area contributed by atoms with Crippen LogP contribution in [0.4, 0.5) is 0 Å². The van der Waals surface area contributed by atoms with Crippen molar-refractivity contribution in [2.45, 2.75) is 26.3 Å². The summed E-state index contributed by atoms with van der Waals surface area (Å²) in [6.45, 7) is 3.83. The first kappa shape index (κ1) is 17.4. The number of nitrogens with one attached hydrogen (secondary N) is 1. The molecule has 6 nitrogen and oxygen atoms in total. The molecule has 2 N–H and O–H groups in total. The number of aliphatic carboxylic acids is 1. The van der Waals surface area contributed by atoms with Crippen LogP contribution in [0, 0.1) is 13.8 Å². The average Bonchev–Trinajstić information content (AvgIpc) is 2.47. The summed E-state index contributed by atoms with van der Waals surface area (Å²) in [5, 5.41) is 11.2. The highest BCUT2D eigenvalue weighted by molar-refractivity contribution is 5.94. The smallest absolute Gasteiger partial charge is 0.328 e. The zero-order valence-corrected chi connectivity index (χ0v) is 12.8. The maximum Gasteiger partial charge on any atom is 0.328 e. The number of aryl methyl sites for hydroxylation is 1. The van der Waals surface area contributed by atoms with Crippen LogP contribution < -0.4 is 5.32 Å². The first-order valence-corrected chi connectivity index (χ1v) is 6.69. The predicted molar refractivity (Wildman–Crippen MR) is 80.2 cm³/mol. The molecular formula is C16H19NO5. The summed E-state index contributed by atoms with van der Waals surface area (Å²) in [7, 11) is 1.27. The molecular weight excluding hydrogens is 286 g/mol. The van der Waals surface area contributed by atoms with Gasteiger partial charge in [0.1, 0.15) is 0 Å². The minimum Gasteiger partial charge on any atom is -0.478 e. The van der Waals surface area contributed by atoms with Gasteiger partial charge in [-0.25, -0.2) is 4.79 Å². The Morgan fingerprint density at radius 2 is 1.95 bits per heavy atom. The standard InChI is InChI=1S/C16H19NO5/c1-10-5-4-6-12(11(10)2)13(9-16(21)22-3)17-14(18)7-8-15(19)20/h4-8,13H,9H2,1-3H3,(H,17,18)(H,19,20). The van der Waals surface area contributed by atoms with Crippen LogP contribution in [0.3, 0.4) is 0 Å². The fourth-order valence-electron chi connectivity index (χ4n) is 2.01. The zero-order valence-electron chi connectivity index (χ0n) is 12.8. The van der Waals surface area contributed by atoms with Crippen molar-refractivity contribution in [3.05, 3.63) is 47.0 Å². The molecule has 0 fully saturated rings. The number of esters is 1. The molecule has 0 aliphatic carbocycles. The Labute approximate surface area is 128 Å². The first-order chi connectivity index (χ1) is 10.3. The molecule has 0 aromatic heterocycles. The molecule has 0 heterocycles. The largest absolute Gasteiger partial charge is 0.478 e. The molecule has 22 heavy (non-hydrogen) atoms. The van der Waals surface area contributed by atoms with Crippen molar-refractivity contribution in [1.29, 1.82) is 0 Å². The second-order valence-corrected chi connectivity index (χ2v) is 4.80. The summed E-state index contributed by atoms with van der Waals surface area (Å²) >= 11 is 0. The molecule has 1 aromatic carbocycles. The van der Waals surface area contributed by atoms with Gasteiger partial charge in [-0.15, -0.1) is 0 Å². The number of benzene rings is 1. The summed E-state index contributed by atoms with van der Waals surface area (Å²) in [5.74, 6) is -2.27. The van der Waals surface area contributed by atoms with Crippen LogP contribution >= 0.6 is 0 Å². The van der Waals surface area contributed by atoms with E-state index < -0.39 is 23.9 Å². The van der Waals surface area contributed by atoms with Gasteiger partial charge in [0.25, 0.3) is 0 Å². The number of carboxylic acid groups (broad SMARTS) is 1. The second kappa shape index (κ2) is 7.97. The Morgan fingerprint density at radius 1 is 1.27 bits per heavy atom. The van der Waals surface area contributed by atoms with Gasteiger partial charge in [-0.05, 0) is 30.5 Å². The van der Waals surface area contributed by atoms with Crippen molar-refractivity contribution in [3.63, 3.8) is 0 Å². The Balaban J connectivity index is 3.03. The molecule has 1 amide bonds. The molecule has 6 heteroatoms. The van der Waals surface area contributed by atoms with Gasteiger partial charge in [0.15, 0.2) is 0 Å². The van der Waals surface area contributed by atoms with Gasteiger partial charge in [0.05, 0.1) is 19.6 Å². The maximum absolute atomic E-state index is 11.8. The molecule has 1 unspecified atom stereocenters. The van der Waals surface area contributed by atoms with Crippen molar-refractivity contribution >= 4 is 17.8 Å². The maximum atomic E-state index is 11.8. The number of carboxylic acids is 1. The Bertz CT molecular complexity index is 607. The molecule has 0 bridgehead atoms. The average molecular weight is 305 g/mol. The van der Waals surface area contributed by atoms with E-state index in [1.54, 1.807) is 0 Å². The molecule has 0 aliphatic rings. The van der Waals surface area contributed by atoms with Gasteiger partial charge in [0.2, 0.25) is 5.91 Å². The number of methoxy groups -OCH3 is 1. The fraction of sp³-hybridized carbons (Fsp3) is 0.312. The van der Waals surface area contributed by atoms with E-state index in [9.17, 15) is 14.4 Å². The second-order valence-electron chi connectivity index (χ2n) is 4.80. The van der Waals surface area contributed by atoms with Crippen LogP contribution in [0.15, 0.2) is 30.4 Å². The Kier molecular flexibility index (Phi) is 6.31. The predicted octanol–water partition coefficient (Wildman–Crippen LogP) is 1.66. The topological polar surface area (TPSA) is 92.7 Å². The van der Waals surface area contributed by atoms with E-state index in [4.69, 9.17) is 5.11 Å². The third-order valence-corrected chi connectivity index (χ3v) is 3.31. The number of carbonyl (C=O) groups is 3. The highest BCUT2D eigenvalue weighted by Crippen LogP contribution is 2.23. The number of hydrogen-bond acceptors (Lipinski definition) is 4. The van der Waals surface area contributed by atoms with E-state index >= 15 is 0 Å². The van der Waals surface area contributed by atoms with E-state index in [0.717, 1.165) is 28.8 Å². The number of amides is 1. The monoisotopic (exact) mass is 305 g/mol. The van der Waals surface area contributed by atoms with E-state index in [0.29, 0.717) is 0 Å². The lowest BCUT2D eigenvalue weighted by atomic mass is 9.95. The van der Waals surface area contributed by atoms with Crippen molar-refractivity contribution in [2.75, 3.05) is 7.11 Å². The summed E-state index contributed by atoms with van der Waals surface area (Å²) in [4.78, 5) is 33.8. The third kappa shape index (κ3) is 5.05. The van der Waals surface area contributed by atoms with Crippen LogP contribution in [-0.2, 0) is 19.1 Å². The van der Waals surface area contributed by atoms with E-state index in [1.807, 2.05) is 32.0 Å². The number of ether oxygens (including phenoxy) is 1. The fourth-order valence-corrected chi connectivity index (χ4v) is 2.01. The van der Waals surface area contributed by atoms with Crippen LogP contribution in [-0.4, -0.2) is 30.1 Å². The number of hydrogen-bond donors (Lipinski definition) is 2. The quantitative estimate of drug-likeness (QED) is 0.616. The van der Waals surface area contributed by atoms with Crippen LogP contribution in [0.25, 0.3) is 0 Å². The van der Waals surface area contributed by atoms with Gasteiger partial charge in [0, 0.05) is 12.2 Å². The van der Waals surface area contributed by atoms with Crippen LogP contribution in [0.1, 0.15) is 29.2 Å². The van der Waals surface area contributed by atoms with Crippen molar-refractivity contribution in [1.82, 2.24) is 5.32 Å². The first-order valence-electron chi connectivity index (χ1n) is 6.69. The molecule has 0 spiro atoms. The third-order valence-electron chi connectivity index (χ3n) is 3.31. The highest BCUT2D eigenvalue weighted by atomic mass is 16.5. The minimum atomic E-state index is -1.22. The molecule has 118 valence electrons. The minimum absolute atomic E-state index is 0.0343. The van der Waals surface area contributed by atoms with E-state index in [1.165, 1.54) is 7.11 Å². The summed E-state index contributed by atoms with van der Waals surface area (Å²) in [5.41, 5.74) is 2.78. The molecule has 1 aromatic rings. The molecule has 0 saturated heterocycles. The SMILES string of the molecule is COC(=O)CC(NC(=O)C=CC(=O)O)c1cccc(C)c1C. The van der Waals surface area contributed by atoms with Gasteiger partial charge in [-0.3, -0.25) is 9.59 Å². The summed E-state index contributed by atoms with van der Waals surface area (Å²) in [6, 6.07) is 5.00. The summed E-state index contributed by atoms with van der Waals surface area (Å²) in [6.07, 6.45) is 1.62. The van der Waals surface area contributed by atoms with Crippen molar-refractivity contribution in [2.24, 2.45) is 0 Å². The molecule has 1 atom stereocenters. The molecule has 0 aliphatic heterocycles. The molecule has 1 rings (SSSR count). The van der Waals surface area contributed by atoms with Gasteiger partial charge in [-0.2, -0.15) is 0 Å². The van der Waals surface area contributed by atoms with Crippen LogP contribution in [0.5, 0.6) is 0 Å². The van der Waals surface area contributed by atoms with Crippen molar-refractivity contribution in [3.8, 4) is 0 Å². The molecule has 0 saturated carbocycles. The Hall–Kier alpha value is -2.63.